The summed E-state index contributed by atoms with van der Waals surface area (Å²) in [5.41, 5.74) is 9.21. The third kappa shape index (κ3) is 2.65. The number of carbonyl (C=O) groups is 1. The Morgan fingerprint density at radius 2 is 2.00 bits per heavy atom. The van der Waals surface area contributed by atoms with Gasteiger partial charge in [-0.2, -0.15) is 0 Å². The molecule has 0 amide bonds. The first-order valence-corrected chi connectivity index (χ1v) is 6.90. The zero-order valence-electron chi connectivity index (χ0n) is 11.0. The molecule has 0 saturated carbocycles. The minimum atomic E-state index is 0.365. The summed E-state index contributed by atoms with van der Waals surface area (Å²) < 4.78 is 0. The van der Waals surface area contributed by atoms with Crippen LogP contribution >= 0.6 is 23.2 Å². The Kier molecular flexibility index (Phi) is 4.63. The lowest BCUT2D eigenvalue weighted by atomic mass is 9.91. The summed E-state index contributed by atoms with van der Waals surface area (Å²) in [6, 6.07) is 7.33. The van der Waals surface area contributed by atoms with Gasteiger partial charge in [0.15, 0.2) is 0 Å². The number of hydrogen-bond acceptors (Lipinski definition) is 3. The van der Waals surface area contributed by atoms with Crippen molar-refractivity contribution >= 4 is 35.2 Å². The van der Waals surface area contributed by atoms with Crippen LogP contribution in [0, 0.1) is 0 Å². The summed E-state index contributed by atoms with van der Waals surface area (Å²) in [7, 11) is 1.65. The molecule has 0 spiro atoms. The van der Waals surface area contributed by atoms with Crippen molar-refractivity contribution in [2.45, 2.75) is 12.8 Å². The van der Waals surface area contributed by atoms with Crippen molar-refractivity contribution in [2.24, 2.45) is 10.7 Å². The minimum Gasteiger partial charge on any atom is -0.401 e. The first-order valence-electron chi connectivity index (χ1n) is 6.15. The van der Waals surface area contributed by atoms with E-state index in [1.165, 1.54) is 0 Å². The molecule has 104 valence electrons. The van der Waals surface area contributed by atoms with Crippen molar-refractivity contribution in [3.05, 3.63) is 56.7 Å². The van der Waals surface area contributed by atoms with Crippen LogP contribution in [0.3, 0.4) is 0 Å². The summed E-state index contributed by atoms with van der Waals surface area (Å²) in [6.07, 6.45) is 1.91. The average molecular weight is 309 g/mol. The van der Waals surface area contributed by atoms with Gasteiger partial charge in [-0.15, -0.1) is 0 Å². The molecule has 1 aromatic rings. The summed E-state index contributed by atoms with van der Waals surface area (Å²) in [5.74, 6) is 0. The number of hydrogen-bond donors (Lipinski definition) is 1. The van der Waals surface area contributed by atoms with Gasteiger partial charge in [0, 0.05) is 34.5 Å². The summed E-state index contributed by atoms with van der Waals surface area (Å²) in [4.78, 5) is 15.3. The maximum absolute atomic E-state index is 11.1. The van der Waals surface area contributed by atoms with Gasteiger partial charge in [-0.3, -0.25) is 9.79 Å². The SMILES string of the molecule is CN=C(C1=C(N)CCC(C=O)=C1Cl)c1ccccc1Cl. The molecule has 0 fully saturated rings. The Morgan fingerprint density at radius 3 is 2.60 bits per heavy atom. The third-order valence-corrected chi connectivity index (χ3v) is 3.98. The van der Waals surface area contributed by atoms with Gasteiger partial charge < -0.3 is 5.73 Å². The summed E-state index contributed by atoms with van der Waals surface area (Å²) >= 11 is 12.5. The lowest BCUT2D eigenvalue weighted by molar-refractivity contribution is -0.105. The van der Waals surface area contributed by atoms with Crippen molar-refractivity contribution in [1.29, 1.82) is 0 Å². The topological polar surface area (TPSA) is 55.4 Å². The highest BCUT2D eigenvalue weighted by Gasteiger charge is 2.24. The maximum Gasteiger partial charge on any atom is 0.147 e. The number of carbonyl (C=O) groups excluding carboxylic acids is 1. The highest BCUT2D eigenvalue weighted by molar-refractivity contribution is 6.41. The van der Waals surface area contributed by atoms with Crippen LogP contribution in [0.2, 0.25) is 5.02 Å². The zero-order chi connectivity index (χ0) is 14.7. The highest BCUT2D eigenvalue weighted by Crippen LogP contribution is 2.34. The molecule has 0 heterocycles. The van der Waals surface area contributed by atoms with Crippen LogP contribution < -0.4 is 5.73 Å². The predicted molar refractivity (Wildman–Crippen MR) is 83.3 cm³/mol. The number of aliphatic imine (C=N–C) groups is 1. The minimum absolute atomic E-state index is 0.365. The van der Waals surface area contributed by atoms with Crippen LogP contribution in [0.5, 0.6) is 0 Å². The Balaban J connectivity index is 2.61. The van der Waals surface area contributed by atoms with Crippen LogP contribution in [0.4, 0.5) is 0 Å². The maximum atomic E-state index is 11.1. The van der Waals surface area contributed by atoms with E-state index in [-0.39, 0.29) is 0 Å². The monoisotopic (exact) mass is 308 g/mol. The number of halogens is 2. The molecule has 0 bridgehead atoms. The van der Waals surface area contributed by atoms with Gasteiger partial charge in [-0.25, -0.2) is 0 Å². The molecule has 5 heteroatoms. The van der Waals surface area contributed by atoms with Crippen LogP contribution in [0.15, 0.2) is 51.1 Å². The van der Waals surface area contributed by atoms with Gasteiger partial charge in [-0.1, -0.05) is 41.4 Å². The second-order valence-electron chi connectivity index (χ2n) is 4.41. The fourth-order valence-electron chi connectivity index (χ4n) is 2.19. The van der Waals surface area contributed by atoms with Crippen molar-refractivity contribution in [1.82, 2.24) is 0 Å². The van der Waals surface area contributed by atoms with E-state index in [4.69, 9.17) is 28.9 Å². The van der Waals surface area contributed by atoms with E-state index in [1.54, 1.807) is 13.1 Å². The van der Waals surface area contributed by atoms with Gasteiger partial charge in [0.2, 0.25) is 0 Å². The van der Waals surface area contributed by atoms with Crippen LogP contribution in [0.1, 0.15) is 18.4 Å². The molecule has 0 aliphatic heterocycles. The van der Waals surface area contributed by atoms with E-state index < -0.39 is 0 Å². The summed E-state index contributed by atoms with van der Waals surface area (Å²) in [6.45, 7) is 0. The fraction of sp³-hybridized carbons (Fsp3) is 0.200. The molecule has 3 nitrogen and oxygen atoms in total. The summed E-state index contributed by atoms with van der Waals surface area (Å²) in [5, 5.41) is 0.931. The first-order chi connectivity index (χ1) is 9.60. The largest absolute Gasteiger partial charge is 0.401 e. The van der Waals surface area contributed by atoms with Gasteiger partial charge >= 0.3 is 0 Å². The standard InChI is InChI=1S/C15H14Cl2N2O/c1-19-15(10-4-2-3-5-11(10)16)13-12(18)7-6-9(8-20)14(13)17/h2-5,8H,6-7,18H2,1H3. The molecule has 1 aliphatic carbocycles. The van der Waals surface area contributed by atoms with E-state index in [2.05, 4.69) is 4.99 Å². The van der Waals surface area contributed by atoms with Crippen LogP contribution in [0.25, 0.3) is 0 Å². The average Bonchev–Trinajstić information content (AvgIpc) is 2.45. The van der Waals surface area contributed by atoms with Crippen molar-refractivity contribution < 1.29 is 4.79 Å². The fourth-order valence-corrected chi connectivity index (χ4v) is 2.77. The molecule has 1 aromatic carbocycles. The number of allylic oxidation sites excluding steroid dienone is 4. The molecular weight excluding hydrogens is 295 g/mol. The van der Waals surface area contributed by atoms with Crippen molar-refractivity contribution in [3.8, 4) is 0 Å². The Labute approximate surface area is 127 Å². The van der Waals surface area contributed by atoms with Crippen LogP contribution in [-0.4, -0.2) is 19.0 Å². The molecular formula is C15H14Cl2N2O. The van der Waals surface area contributed by atoms with Gasteiger partial charge in [0.25, 0.3) is 0 Å². The second-order valence-corrected chi connectivity index (χ2v) is 5.19. The zero-order valence-corrected chi connectivity index (χ0v) is 12.5. The van der Waals surface area contributed by atoms with E-state index >= 15 is 0 Å². The van der Waals surface area contributed by atoms with Crippen molar-refractivity contribution in [2.75, 3.05) is 7.05 Å². The molecule has 20 heavy (non-hydrogen) atoms. The van der Waals surface area contributed by atoms with Gasteiger partial charge in [-0.05, 0) is 18.9 Å². The van der Waals surface area contributed by atoms with Gasteiger partial charge in [0.05, 0.1) is 10.7 Å². The number of rotatable bonds is 3. The predicted octanol–water partition coefficient (Wildman–Crippen LogP) is 3.46. The molecule has 1 aliphatic rings. The normalized spacial score (nSPS) is 16.6. The Morgan fingerprint density at radius 1 is 1.30 bits per heavy atom. The quantitative estimate of drug-likeness (QED) is 0.687. The molecule has 0 saturated heterocycles. The van der Waals surface area contributed by atoms with E-state index in [0.717, 1.165) is 11.8 Å². The Hall–Kier alpha value is -1.58. The molecule has 0 atom stereocenters. The second kappa shape index (κ2) is 6.25. The molecule has 0 unspecified atom stereocenters. The smallest absolute Gasteiger partial charge is 0.147 e. The number of benzene rings is 1. The lowest BCUT2D eigenvalue weighted by Crippen LogP contribution is -2.18. The molecule has 0 aromatic heterocycles. The Bertz CT molecular complexity index is 645. The highest BCUT2D eigenvalue weighted by atomic mass is 35.5. The third-order valence-electron chi connectivity index (χ3n) is 3.22. The number of nitrogens with two attached hydrogens (primary N) is 1. The van der Waals surface area contributed by atoms with Crippen molar-refractivity contribution in [3.63, 3.8) is 0 Å². The number of nitrogens with zero attached hydrogens (tertiary/aromatic N) is 1. The lowest BCUT2D eigenvalue weighted by Gasteiger charge is -2.20. The molecule has 2 rings (SSSR count). The van der Waals surface area contributed by atoms with E-state index in [1.807, 2.05) is 18.2 Å². The van der Waals surface area contributed by atoms with E-state index in [9.17, 15) is 4.79 Å². The first kappa shape index (κ1) is 14.8. The van der Waals surface area contributed by atoms with Crippen LogP contribution in [-0.2, 0) is 4.79 Å². The molecule has 2 N–H and O–H groups in total. The number of aldehydes is 1. The van der Waals surface area contributed by atoms with E-state index in [0.29, 0.717) is 45.5 Å². The molecule has 0 radical (unpaired) electrons. The van der Waals surface area contributed by atoms with Gasteiger partial charge in [0.1, 0.15) is 6.29 Å².